The summed E-state index contributed by atoms with van der Waals surface area (Å²) in [6, 6.07) is 18.9. The molecule has 166 valence electrons. The Morgan fingerprint density at radius 2 is 1.77 bits per heavy atom. The number of nitrogens with zero attached hydrogens (tertiary/aromatic N) is 3. The van der Waals surface area contributed by atoms with E-state index in [1.165, 1.54) is 5.56 Å². The molecule has 5 heteroatoms. The smallest absolute Gasteiger partial charge is 0.254 e. The Labute approximate surface area is 186 Å². The van der Waals surface area contributed by atoms with Crippen LogP contribution >= 0.6 is 0 Å². The van der Waals surface area contributed by atoms with Crippen molar-refractivity contribution in [3.05, 3.63) is 65.7 Å². The molecule has 0 N–H and O–H groups in total. The van der Waals surface area contributed by atoms with Crippen molar-refractivity contribution in [3.8, 4) is 5.75 Å². The van der Waals surface area contributed by atoms with E-state index >= 15 is 0 Å². The molecule has 4 rings (SSSR count). The third-order valence-corrected chi connectivity index (χ3v) is 6.66. The first-order valence-electron chi connectivity index (χ1n) is 11.6. The number of benzene rings is 2. The van der Waals surface area contributed by atoms with Crippen LogP contribution in [-0.2, 0) is 6.42 Å². The number of ether oxygens (including phenoxy) is 1. The van der Waals surface area contributed by atoms with Crippen LogP contribution in [0.25, 0.3) is 0 Å². The van der Waals surface area contributed by atoms with Gasteiger partial charge in [-0.25, -0.2) is 0 Å². The van der Waals surface area contributed by atoms with Gasteiger partial charge in [0.2, 0.25) is 0 Å². The number of carbonyl (C=O) groups is 1. The highest BCUT2D eigenvalue weighted by Crippen LogP contribution is 2.23. The second kappa shape index (κ2) is 10.3. The molecule has 2 fully saturated rings. The predicted molar refractivity (Wildman–Crippen MR) is 125 cm³/mol. The minimum absolute atomic E-state index is 0.116. The van der Waals surface area contributed by atoms with Crippen molar-refractivity contribution in [3.63, 3.8) is 0 Å². The van der Waals surface area contributed by atoms with E-state index in [1.54, 1.807) is 0 Å². The van der Waals surface area contributed by atoms with E-state index in [9.17, 15) is 4.79 Å². The normalized spacial score (nSPS) is 20.4. The fraction of sp³-hybridized carbons (Fsp3) is 0.500. The predicted octanol–water partition coefficient (Wildman–Crippen LogP) is 3.55. The number of piperidine rings is 1. The van der Waals surface area contributed by atoms with Crippen molar-refractivity contribution < 1.29 is 9.53 Å². The standard InChI is InChI=1S/C26H35N3O2/c1-27(2)23-12-18-29(20-23)26(30)22-9-6-10-25(19-22)31-24-13-16-28(17-14-24)15-11-21-7-4-3-5-8-21/h3-10,19,23-24H,11-18,20H2,1-2H3/t23-/m1/s1. The summed E-state index contributed by atoms with van der Waals surface area (Å²) in [6.07, 6.45) is 4.43. The van der Waals surface area contributed by atoms with Gasteiger partial charge in [-0.2, -0.15) is 0 Å². The van der Waals surface area contributed by atoms with E-state index in [0.29, 0.717) is 6.04 Å². The number of amides is 1. The number of hydrogen-bond acceptors (Lipinski definition) is 4. The van der Waals surface area contributed by atoms with Gasteiger partial charge in [-0.05, 0) is 63.5 Å². The lowest BCUT2D eigenvalue weighted by molar-refractivity contribution is 0.0780. The van der Waals surface area contributed by atoms with Crippen molar-refractivity contribution in [2.24, 2.45) is 0 Å². The van der Waals surface area contributed by atoms with E-state index in [-0.39, 0.29) is 12.0 Å². The largest absolute Gasteiger partial charge is 0.490 e. The first-order valence-corrected chi connectivity index (χ1v) is 11.6. The monoisotopic (exact) mass is 421 g/mol. The van der Waals surface area contributed by atoms with E-state index in [0.717, 1.165) is 69.7 Å². The first kappa shape index (κ1) is 21.8. The third kappa shape index (κ3) is 5.86. The van der Waals surface area contributed by atoms with Gasteiger partial charge in [0.25, 0.3) is 5.91 Å². The molecule has 0 unspecified atom stereocenters. The van der Waals surface area contributed by atoms with Gasteiger partial charge < -0.3 is 19.4 Å². The van der Waals surface area contributed by atoms with Crippen LogP contribution in [0.4, 0.5) is 0 Å². The summed E-state index contributed by atoms with van der Waals surface area (Å²) in [5, 5.41) is 0. The van der Waals surface area contributed by atoms with Crippen molar-refractivity contribution in [2.75, 3.05) is 46.8 Å². The molecule has 0 aromatic heterocycles. The fourth-order valence-corrected chi connectivity index (χ4v) is 4.61. The summed E-state index contributed by atoms with van der Waals surface area (Å²) >= 11 is 0. The molecule has 2 aromatic carbocycles. The van der Waals surface area contributed by atoms with Crippen molar-refractivity contribution in [1.29, 1.82) is 0 Å². The average Bonchev–Trinajstić information content (AvgIpc) is 3.30. The zero-order chi connectivity index (χ0) is 21.6. The summed E-state index contributed by atoms with van der Waals surface area (Å²) in [7, 11) is 4.17. The molecule has 0 bridgehead atoms. The Hall–Kier alpha value is -2.37. The average molecular weight is 422 g/mol. The van der Waals surface area contributed by atoms with Crippen LogP contribution in [0.2, 0.25) is 0 Å². The Bertz CT molecular complexity index is 847. The molecular formula is C26H35N3O2. The summed E-state index contributed by atoms with van der Waals surface area (Å²) < 4.78 is 6.27. The van der Waals surface area contributed by atoms with Crippen molar-refractivity contribution in [2.45, 2.75) is 37.8 Å². The molecule has 2 heterocycles. The number of likely N-dealkylation sites (tertiary alicyclic amines) is 2. The zero-order valence-corrected chi connectivity index (χ0v) is 18.9. The van der Waals surface area contributed by atoms with E-state index in [4.69, 9.17) is 4.74 Å². The summed E-state index contributed by atoms with van der Waals surface area (Å²) in [5.41, 5.74) is 2.13. The minimum Gasteiger partial charge on any atom is -0.490 e. The Kier molecular flexibility index (Phi) is 7.25. The first-order chi connectivity index (χ1) is 15.1. The van der Waals surface area contributed by atoms with Gasteiger partial charge in [0.1, 0.15) is 11.9 Å². The summed E-state index contributed by atoms with van der Waals surface area (Å²) in [6.45, 7) is 4.86. The number of rotatable bonds is 7. The maximum Gasteiger partial charge on any atom is 0.254 e. The molecule has 0 radical (unpaired) electrons. The third-order valence-electron chi connectivity index (χ3n) is 6.66. The lowest BCUT2D eigenvalue weighted by Crippen LogP contribution is -2.39. The molecule has 2 saturated heterocycles. The van der Waals surface area contributed by atoms with Crippen LogP contribution < -0.4 is 4.74 Å². The highest BCUT2D eigenvalue weighted by Gasteiger charge is 2.28. The molecule has 5 nitrogen and oxygen atoms in total. The van der Waals surface area contributed by atoms with E-state index in [2.05, 4.69) is 54.2 Å². The maximum atomic E-state index is 12.9. The van der Waals surface area contributed by atoms with Gasteiger partial charge in [-0.15, -0.1) is 0 Å². The van der Waals surface area contributed by atoms with Crippen LogP contribution in [0.15, 0.2) is 54.6 Å². The van der Waals surface area contributed by atoms with Crippen molar-refractivity contribution in [1.82, 2.24) is 14.7 Å². The summed E-state index contributed by atoms with van der Waals surface area (Å²) in [4.78, 5) is 19.6. The van der Waals surface area contributed by atoms with Crippen LogP contribution in [0, 0.1) is 0 Å². The fourth-order valence-electron chi connectivity index (χ4n) is 4.61. The molecular weight excluding hydrogens is 386 g/mol. The highest BCUT2D eigenvalue weighted by atomic mass is 16.5. The molecule has 1 amide bonds. The van der Waals surface area contributed by atoms with Gasteiger partial charge in [0, 0.05) is 44.3 Å². The minimum atomic E-state index is 0.116. The molecule has 2 aliphatic heterocycles. The maximum absolute atomic E-state index is 12.9. The lowest BCUT2D eigenvalue weighted by Gasteiger charge is -2.32. The molecule has 31 heavy (non-hydrogen) atoms. The molecule has 2 aromatic rings. The van der Waals surface area contributed by atoms with Gasteiger partial charge in [-0.3, -0.25) is 4.79 Å². The zero-order valence-electron chi connectivity index (χ0n) is 18.9. The number of hydrogen-bond donors (Lipinski definition) is 0. The van der Waals surface area contributed by atoms with Crippen LogP contribution in [-0.4, -0.2) is 79.6 Å². The number of carbonyl (C=O) groups excluding carboxylic acids is 1. The molecule has 2 aliphatic rings. The second-order valence-corrected chi connectivity index (χ2v) is 9.08. The number of likely N-dealkylation sites (N-methyl/N-ethyl adjacent to an activating group) is 1. The molecule has 0 saturated carbocycles. The Morgan fingerprint density at radius 3 is 2.48 bits per heavy atom. The van der Waals surface area contributed by atoms with Gasteiger partial charge in [-0.1, -0.05) is 36.4 Å². The van der Waals surface area contributed by atoms with Crippen LogP contribution in [0.1, 0.15) is 35.2 Å². The highest BCUT2D eigenvalue weighted by molar-refractivity contribution is 5.94. The second-order valence-electron chi connectivity index (χ2n) is 9.08. The van der Waals surface area contributed by atoms with Gasteiger partial charge in [0.15, 0.2) is 0 Å². The summed E-state index contributed by atoms with van der Waals surface area (Å²) in [5.74, 6) is 0.933. The van der Waals surface area contributed by atoms with E-state index in [1.807, 2.05) is 29.2 Å². The quantitative estimate of drug-likeness (QED) is 0.685. The van der Waals surface area contributed by atoms with Crippen LogP contribution in [0.5, 0.6) is 5.75 Å². The molecule has 0 aliphatic carbocycles. The van der Waals surface area contributed by atoms with Crippen LogP contribution in [0.3, 0.4) is 0 Å². The molecule has 0 spiro atoms. The lowest BCUT2D eigenvalue weighted by atomic mass is 10.1. The molecule has 1 atom stereocenters. The SMILES string of the molecule is CN(C)[C@@H]1CCN(C(=O)c2cccc(OC3CCN(CCc4ccccc4)CC3)c2)C1. The topological polar surface area (TPSA) is 36.0 Å². The Balaban J connectivity index is 1.25. The van der Waals surface area contributed by atoms with Gasteiger partial charge >= 0.3 is 0 Å². The van der Waals surface area contributed by atoms with E-state index < -0.39 is 0 Å². The van der Waals surface area contributed by atoms with Gasteiger partial charge in [0.05, 0.1) is 0 Å². The Morgan fingerprint density at radius 1 is 1.00 bits per heavy atom. The van der Waals surface area contributed by atoms with Crippen molar-refractivity contribution >= 4 is 5.91 Å².